The lowest BCUT2D eigenvalue weighted by molar-refractivity contribution is -0.125. The normalized spacial score (nSPS) is 21.1. The number of carbonyl (C=O) groups excluding carboxylic acids is 1. The van der Waals surface area contributed by atoms with Crippen LogP contribution in [0.5, 0.6) is 0 Å². The Balaban J connectivity index is 2.35. The Morgan fingerprint density at radius 2 is 2.10 bits per heavy atom. The highest BCUT2D eigenvalue weighted by atomic mass is 32.2. The lowest BCUT2D eigenvalue weighted by atomic mass is 9.96. The summed E-state index contributed by atoms with van der Waals surface area (Å²) in [6.07, 6.45) is 0.846. The fourth-order valence-electron chi connectivity index (χ4n) is 2.44. The number of nitrogens with zero attached hydrogens (tertiary/aromatic N) is 1. The Kier molecular flexibility index (Phi) is 4.25. The van der Waals surface area contributed by atoms with E-state index in [0.29, 0.717) is 12.0 Å². The van der Waals surface area contributed by atoms with Gasteiger partial charge in [-0.2, -0.15) is 4.31 Å². The largest absolute Gasteiger partial charge is 0.299 e. The van der Waals surface area contributed by atoms with Gasteiger partial charge in [-0.3, -0.25) is 4.79 Å². The molecule has 6 heteroatoms. The van der Waals surface area contributed by atoms with Gasteiger partial charge in [-0.25, -0.2) is 12.8 Å². The summed E-state index contributed by atoms with van der Waals surface area (Å²) >= 11 is 0. The molecule has 0 radical (unpaired) electrons. The van der Waals surface area contributed by atoms with E-state index in [2.05, 4.69) is 0 Å². The molecule has 0 amide bonds. The molecule has 4 nitrogen and oxygen atoms in total. The summed E-state index contributed by atoms with van der Waals surface area (Å²) in [5, 5.41) is 0. The van der Waals surface area contributed by atoms with E-state index >= 15 is 0 Å². The summed E-state index contributed by atoms with van der Waals surface area (Å²) in [4.78, 5) is 11.7. The van der Waals surface area contributed by atoms with Crippen LogP contribution in [-0.2, 0) is 14.8 Å². The zero-order chi connectivity index (χ0) is 14.9. The second-order valence-electron chi connectivity index (χ2n) is 5.09. The Morgan fingerprint density at radius 1 is 1.40 bits per heavy atom. The predicted octanol–water partition coefficient (Wildman–Crippen LogP) is 2.12. The molecule has 1 aliphatic rings. The first-order valence-electron chi connectivity index (χ1n) is 6.65. The fourth-order valence-corrected chi connectivity index (χ4v) is 4.17. The zero-order valence-electron chi connectivity index (χ0n) is 11.6. The van der Waals surface area contributed by atoms with Crippen LogP contribution in [-0.4, -0.2) is 31.6 Å². The zero-order valence-corrected chi connectivity index (χ0v) is 12.4. The molecular formula is C14H18FNO3S. The van der Waals surface area contributed by atoms with E-state index < -0.39 is 15.8 Å². The molecule has 0 N–H and O–H groups in total. The average molecular weight is 299 g/mol. The topological polar surface area (TPSA) is 54.5 Å². The molecule has 0 aliphatic carbocycles. The Labute approximate surface area is 118 Å². The highest BCUT2D eigenvalue weighted by Crippen LogP contribution is 2.25. The van der Waals surface area contributed by atoms with Crippen LogP contribution in [0.4, 0.5) is 4.39 Å². The van der Waals surface area contributed by atoms with Crippen LogP contribution >= 0.6 is 0 Å². The highest BCUT2D eigenvalue weighted by molar-refractivity contribution is 7.89. The minimum atomic E-state index is -3.74. The van der Waals surface area contributed by atoms with Gasteiger partial charge in [0.1, 0.15) is 11.6 Å². The molecule has 1 saturated heterocycles. The number of Topliss-reactive ketones (excluding diaryl/α,β-unsaturated/α-hetero) is 1. The molecule has 1 heterocycles. The van der Waals surface area contributed by atoms with Gasteiger partial charge in [-0.1, -0.05) is 13.0 Å². The van der Waals surface area contributed by atoms with Gasteiger partial charge in [0.15, 0.2) is 0 Å². The molecule has 1 fully saturated rings. The first-order chi connectivity index (χ1) is 9.36. The minimum Gasteiger partial charge on any atom is -0.299 e. The molecule has 1 unspecified atom stereocenters. The molecule has 20 heavy (non-hydrogen) atoms. The number of ketones is 1. The lowest BCUT2D eigenvalue weighted by Crippen LogP contribution is -2.44. The van der Waals surface area contributed by atoms with Crippen molar-refractivity contribution in [1.82, 2.24) is 4.31 Å². The minimum absolute atomic E-state index is 0.0123. The van der Waals surface area contributed by atoms with Crippen molar-refractivity contribution in [3.8, 4) is 0 Å². The van der Waals surface area contributed by atoms with E-state index in [4.69, 9.17) is 0 Å². The van der Waals surface area contributed by atoms with Gasteiger partial charge >= 0.3 is 0 Å². The van der Waals surface area contributed by atoms with E-state index in [1.807, 2.05) is 6.92 Å². The molecule has 1 atom stereocenters. The number of hydrogen-bond acceptors (Lipinski definition) is 3. The maximum absolute atomic E-state index is 13.3. The van der Waals surface area contributed by atoms with Gasteiger partial charge in [0.25, 0.3) is 0 Å². The van der Waals surface area contributed by atoms with Crippen molar-refractivity contribution in [2.24, 2.45) is 5.92 Å². The van der Waals surface area contributed by atoms with E-state index in [9.17, 15) is 17.6 Å². The molecule has 110 valence electrons. The highest BCUT2D eigenvalue weighted by Gasteiger charge is 2.34. The maximum atomic E-state index is 13.3. The van der Waals surface area contributed by atoms with Gasteiger partial charge < -0.3 is 0 Å². The number of benzene rings is 1. The van der Waals surface area contributed by atoms with E-state index in [1.165, 1.54) is 16.4 Å². The third-order valence-electron chi connectivity index (χ3n) is 3.75. The molecule has 0 aromatic heterocycles. The van der Waals surface area contributed by atoms with E-state index in [0.717, 1.165) is 6.07 Å². The van der Waals surface area contributed by atoms with Crippen molar-refractivity contribution >= 4 is 15.8 Å². The van der Waals surface area contributed by atoms with E-state index in [1.54, 1.807) is 6.92 Å². The monoisotopic (exact) mass is 299 g/mol. The number of rotatable bonds is 3. The number of sulfonamides is 1. The van der Waals surface area contributed by atoms with Crippen molar-refractivity contribution in [3.63, 3.8) is 0 Å². The van der Waals surface area contributed by atoms with Gasteiger partial charge in [0.2, 0.25) is 10.0 Å². The van der Waals surface area contributed by atoms with Gasteiger partial charge in [0.05, 0.1) is 4.90 Å². The maximum Gasteiger partial charge on any atom is 0.243 e. The van der Waals surface area contributed by atoms with Crippen molar-refractivity contribution in [1.29, 1.82) is 0 Å². The summed E-state index contributed by atoms with van der Waals surface area (Å²) < 4.78 is 39.8. The van der Waals surface area contributed by atoms with Crippen LogP contribution in [0.1, 0.15) is 25.3 Å². The molecule has 1 aliphatic heterocycles. The Hall–Kier alpha value is -1.27. The van der Waals surface area contributed by atoms with Crippen LogP contribution in [0.15, 0.2) is 23.1 Å². The van der Waals surface area contributed by atoms with E-state index in [-0.39, 0.29) is 36.1 Å². The number of carbonyl (C=O) groups is 1. The fraction of sp³-hybridized carbons (Fsp3) is 0.500. The molecule has 0 spiro atoms. The van der Waals surface area contributed by atoms with Crippen molar-refractivity contribution in [3.05, 3.63) is 29.6 Å². The van der Waals surface area contributed by atoms with Crippen LogP contribution in [0.2, 0.25) is 0 Å². The van der Waals surface area contributed by atoms with Crippen LogP contribution in [0.25, 0.3) is 0 Å². The SMILES string of the molecule is CCC1CN(S(=O)(=O)c2cc(F)ccc2C)CCC1=O. The van der Waals surface area contributed by atoms with Gasteiger partial charge in [-0.15, -0.1) is 0 Å². The first-order valence-corrected chi connectivity index (χ1v) is 8.09. The molecule has 1 aromatic carbocycles. The predicted molar refractivity (Wildman–Crippen MR) is 73.3 cm³/mol. The van der Waals surface area contributed by atoms with Gasteiger partial charge in [-0.05, 0) is 31.0 Å². The van der Waals surface area contributed by atoms with Crippen LogP contribution in [0.3, 0.4) is 0 Å². The Bertz CT molecular complexity index is 627. The molecule has 0 saturated carbocycles. The number of hydrogen-bond donors (Lipinski definition) is 0. The third-order valence-corrected chi connectivity index (χ3v) is 5.75. The number of aryl methyl sites for hydroxylation is 1. The van der Waals surface area contributed by atoms with Crippen molar-refractivity contribution in [2.75, 3.05) is 13.1 Å². The molecule has 0 bridgehead atoms. The summed E-state index contributed by atoms with van der Waals surface area (Å²) in [6.45, 7) is 3.87. The van der Waals surface area contributed by atoms with Crippen molar-refractivity contribution in [2.45, 2.75) is 31.6 Å². The summed E-state index contributed by atoms with van der Waals surface area (Å²) in [5.41, 5.74) is 0.511. The lowest BCUT2D eigenvalue weighted by Gasteiger charge is -2.30. The first kappa shape index (κ1) is 15.1. The van der Waals surface area contributed by atoms with Gasteiger partial charge in [0, 0.05) is 25.4 Å². The van der Waals surface area contributed by atoms with Crippen molar-refractivity contribution < 1.29 is 17.6 Å². The number of piperidine rings is 1. The molecule has 2 rings (SSSR count). The quantitative estimate of drug-likeness (QED) is 0.859. The second-order valence-corrected chi connectivity index (χ2v) is 7.00. The number of halogens is 1. The smallest absolute Gasteiger partial charge is 0.243 e. The van der Waals surface area contributed by atoms with Crippen LogP contribution in [0, 0.1) is 18.7 Å². The third kappa shape index (κ3) is 2.76. The Morgan fingerprint density at radius 3 is 2.75 bits per heavy atom. The average Bonchev–Trinajstić information content (AvgIpc) is 2.41. The summed E-state index contributed by atoms with van der Waals surface area (Å²) in [7, 11) is -3.74. The molecular weight excluding hydrogens is 281 g/mol. The second kappa shape index (κ2) is 5.61. The summed E-state index contributed by atoms with van der Waals surface area (Å²) in [6, 6.07) is 3.74. The summed E-state index contributed by atoms with van der Waals surface area (Å²) in [5.74, 6) is -0.725. The van der Waals surface area contributed by atoms with Crippen LogP contribution < -0.4 is 0 Å². The standard InChI is InChI=1S/C14H18FNO3S/c1-3-11-9-16(7-6-13(11)17)20(18,19)14-8-12(15)5-4-10(14)2/h4-5,8,11H,3,6-7,9H2,1-2H3. The molecule has 1 aromatic rings.